The van der Waals surface area contributed by atoms with Gasteiger partial charge in [-0.2, -0.15) is 0 Å². The standard InChI is InChI=1S/C26H30N4O3S/c1-17(2)19-9-5-6-10-21(19)27-24(31)16-34-26-28-22-12-13-30(15-20(22)25(32)29-26)14-18-8-4-7-11-23(18)33-3/h4-11,17H,12-16H2,1-3H3,(H,27,31)(H,28,29,32). The van der Waals surface area contributed by atoms with Gasteiger partial charge in [0.2, 0.25) is 5.91 Å². The first-order chi connectivity index (χ1) is 16.4. The smallest absolute Gasteiger partial charge is 0.256 e. The average molecular weight is 479 g/mol. The van der Waals surface area contributed by atoms with Gasteiger partial charge in [0.05, 0.1) is 24.1 Å². The number of aromatic amines is 1. The van der Waals surface area contributed by atoms with Gasteiger partial charge in [0, 0.05) is 37.3 Å². The lowest BCUT2D eigenvalue weighted by Gasteiger charge is -2.28. The third kappa shape index (κ3) is 5.69. The predicted octanol–water partition coefficient (Wildman–Crippen LogP) is 4.19. The van der Waals surface area contributed by atoms with Crippen molar-refractivity contribution in [2.45, 2.75) is 44.4 Å². The van der Waals surface area contributed by atoms with Gasteiger partial charge < -0.3 is 15.0 Å². The van der Waals surface area contributed by atoms with Gasteiger partial charge in [-0.15, -0.1) is 0 Å². The van der Waals surface area contributed by atoms with Crippen LogP contribution in [0.4, 0.5) is 5.69 Å². The van der Waals surface area contributed by atoms with Gasteiger partial charge >= 0.3 is 0 Å². The SMILES string of the molecule is COc1ccccc1CN1CCc2nc(SCC(=O)Nc3ccccc3C(C)C)[nH]c(=O)c2C1. The second-order valence-corrected chi connectivity index (χ2v) is 9.61. The van der Waals surface area contributed by atoms with E-state index in [1.54, 1.807) is 7.11 Å². The first-order valence-electron chi connectivity index (χ1n) is 11.4. The monoisotopic (exact) mass is 478 g/mol. The number of anilines is 1. The Labute approximate surface area is 203 Å². The van der Waals surface area contributed by atoms with Crippen LogP contribution in [-0.2, 0) is 24.3 Å². The first kappa shape index (κ1) is 24.0. The van der Waals surface area contributed by atoms with Crippen LogP contribution in [0.15, 0.2) is 58.5 Å². The van der Waals surface area contributed by atoms with Crippen LogP contribution in [-0.4, -0.2) is 40.2 Å². The van der Waals surface area contributed by atoms with Crippen LogP contribution in [0.5, 0.6) is 5.75 Å². The lowest BCUT2D eigenvalue weighted by atomic mass is 10.0. The first-order valence-corrected chi connectivity index (χ1v) is 12.4. The zero-order chi connectivity index (χ0) is 24.1. The van der Waals surface area contributed by atoms with Crippen LogP contribution in [0, 0.1) is 0 Å². The maximum Gasteiger partial charge on any atom is 0.256 e. The molecule has 2 heterocycles. The van der Waals surface area contributed by atoms with Crippen molar-refractivity contribution in [1.29, 1.82) is 0 Å². The molecular formula is C26H30N4O3S. The maximum atomic E-state index is 12.8. The number of ether oxygens (including phenoxy) is 1. The second-order valence-electron chi connectivity index (χ2n) is 8.65. The number of nitrogens with zero attached hydrogens (tertiary/aromatic N) is 2. The van der Waals surface area contributed by atoms with Crippen molar-refractivity contribution in [2.75, 3.05) is 24.7 Å². The molecule has 0 atom stereocenters. The molecule has 0 bridgehead atoms. The summed E-state index contributed by atoms with van der Waals surface area (Å²) in [7, 11) is 1.67. The number of aromatic nitrogens is 2. The van der Waals surface area contributed by atoms with Crippen molar-refractivity contribution in [3.63, 3.8) is 0 Å². The number of carbonyl (C=O) groups is 1. The second kappa shape index (κ2) is 10.9. The summed E-state index contributed by atoms with van der Waals surface area (Å²) in [6.07, 6.45) is 0.690. The Bertz CT molecular complexity index is 1220. The molecular weight excluding hydrogens is 448 g/mol. The fourth-order valence-electron chi connectivity index (χ4n) is 4.17. The zero-order valence-electron chi connectivity index (χ0n) is 19.8. The lowest BCUT2D eigenvalue weighted by Crippen LogP contribution is -2.35. The van der Waals surface area contributed by atoms with Crippen LogP contribution in [0.25, 0.3) is 0 Å². The number of rotatable bonds is 8. The van der Waals surface area contributed by atoms with Crippen molar-refractivity contribution in [3.8, 4) is 5.75 Å². The van der Waals surface area contributed by atoms with E-state index >= 15 is 0 Å². The number of hydrogen-bond donors (Lipinski definition) is 2. The van der Waals surface area contributed by atoms with E-state index in [9.17, 15) is 9.59 Å². The highest BCUT2D eigenvalue weighted by Gasteiger charge is 2.22. The number of para-hydroxylation sites is 2. The summed E-state index contributed by atoms with van der Waals surface area (Å²) in [5, 5.41) is 3.46. The number of amides is 1. The van der Waals surface area contributed by atoms with E-state index in [1.807, 2.05) is 48.5 Å². The van der Waals surface area contributed by atoms with E-state index in [0.29, 0.717) is 36.1 Å². The van der Waals surface area contributed by atoms with Crippen LogP contribution in [0.2, 0.25) is 0 Å². The van der Waals surface area contributed by atoms with E-state index < -0.39 is 0 Å². The minimum atomic E-state index is -0.136. The fourth-order valence-corrected chi connectivity index (χ4v) is 4.85. The number of H-pyrrole nitrogens is 1. The molecule has 2 N–H and O–H groups in total. The van der Waals surface area contributed by atoms with Crippen LogP contribution in [0.3, 0.4) is 0 Å². The Morgan fingerprint density at radius 3 is 2.76 bits per heavy atom. The molecule has 178 valence electrons. The number of benzene rings is 2. The Morgan fingerprint density at radius 2 is 1.97 bits per heavy atom. The van der Waals surface area contributed by atoms with Crippen LogP contribution in [0.1, 0.15) is 42.1 Å². The summed E-state index contributed by atoms with van der Waals surface area (Å²) in [5.74, 6) is 1.21. The van der Waals surface area contributed by atoms with E-state index in [2.05, 4.69) is 34.0 Å². The Balaban J connectivity index is 1.39. The molecule has 0 aliphatic carbocycles. The highest BCUT2D eigenvalue weighted by molar-refractivity contribution is 7.99. The maximum absolute atomic E-state index is 12.8. The Kier molecular flexibility index (Phi) is 7.70. The molecule has 4 rings (SSSR count). The van der Waals surface area contributed by atoms with Crippen LogP contribution >= 0.6 is 11.8 Å². The number of hydrogen-bond acceptors (Lipinski definition) is 6. The molecule has 8 heteroatoms. The molecule has 3 aromatic rings. The quantitative estimate of drug-likeness (QED) is 0.373. The molecule has 1 aromatic heterocycles. The summed E-state index contributed by atoms with van der Waals surface area (Å²) >= 11 is 1.25. The molecule has 2 aromatic carbocycles. The normalized spacial score (nSPS) is 13.5. The summed E-state index contributed by atoms with van der Waals surface area (Å²) in [5.41, 5.74) is 4.38. The van der Waals surface area contributed by atoms with Gasteiger partial charge in [-0.3, -0.25) is 14.5 Å². The Morgan fingerprint density at radius 1 is 1.21 bits per heavy atom. The van der Waals surface area contributed by atoms with E-state index in [4.69, 9.17) is 4.74 Å². The van der Waals surface area contributed by atoms with Crippen molar-refractivity contribution in [1.82, 2.24) is 14.9 Å². The van der Waals surface area contributed by atoms with Gasteiger partial charge in [-0.25, -0.2) is 4.98 Å². The molecule has 0 saturated carbocycles. The highest BCUT2D eigenvalue weighted by atomic mass is 32.2. The lowest BCUT2D eigenvalue weighted by molar-refractivity contribution is -0.113. The Hall–Kier alpha value is -3.10. The molecule has 34 heavy (non-hydrogen) atoms. The zero-order valence-corrected chi connectivity index (χ0v) is 20.6. The summed E-state index contributed by atoms with van der Waals surface area (Å²) < 4.78 is 5.46. The van der Waals surface area contributed by atoms with Gasteiger partial charge in [0.25, 0.3) is 5.56 Å². The molecule has 0 unspecified atom stereocenters. The van der Waals surface area contributed by atoms with Gasteiger partial charge in [-0.1, -0.05) is 62.0 Å². The number of carbonyl (C=O) groups excluding carboxylic acids is 1. The molecule has 1 amide bonds. The topological polar surface area (TPSA) is 87.3 Å². The minimum absolute atomic E-state index is 0.124. The third-order valence-electron chi connectivity index (χ3n) is 5.91. The molecule has 7 nitrogen and oxygen atoms in total. The van der Waals surface area contributed by atoms with Crippen molar-refractivity contribution in [3.05, 3.63) is 81.3 Å². The van der Waals surface area contributed by atoms with Crippen LogP contribution < -0.4 is 15.6 Å². The van der Waals surface area contributed by atoms with Crippen molar-refractivity contribution in [2.24, 2.45) is 0 Å². The molecule has 0 spiro atoms. The van der Waals surface area contributed by atoms with Gasteiger partial charge in [-0.05, 0) is 23.6 Å². The van der Waals surface area contributed by atoms with Crippen molar-refractivity contribution < 1.29 is 9.53 Å². The number of thioether (sulfide) groups is 1. The van der Waals surface area contributed by atoms with Crippen molar-refractivity contribution >= 4 is 23.4 Å². The molecule has 1 aliphatic rings. The summed E-state index contributed by atoms with van der Waals surface area (Å²) in [6.45, 7) is 6.24. The van der Waals surface area contributed by atoms with Gasteiger partial charge in [0.15, 0.2) is 5.16 Å². The number of methoxy groups -OCH3 is 1. The summed E-state index contributed by atoms with van der Waals surface area (Å²) in [6, 6.07) is 15.7. The fraction of sp³-hybridized carbons (Fsp3) is 0.346. The number of fused-ring (bicyclic) bond motifs is 1. The van der Waals surface area contributed by atoms with E-state index in [0.717, 1.165) is 34.8 Å². The third-order valence-corrected chi connectivity index (χ3v) is 6.78. The minimum Gasteiger partial charge on any atom is -0.496 e. The van der Waals surface area contributed by atoms with E-state index in [-0.39, 0.29) is 17.2 Å². The molecule has 1 aliphatic heterocycles. The summed E-state index contributed by atoms with van der Waals surface area (Å²) in [4.78, 5) is 35.1. The largest absolute Gasteiger partial charge is 0.496 e. The molecule has 0 fully saturated rings. The number of nitrogens with one attached hydrogen (secondary N) is 2. The molecule has 0 radical (unpaired) electrons. The average Bonchev–Trinajstić information content (AvgIpc) is 2.83. The van der Waals surface area contributed by atoms with E-state index in [1.165, 1.54) is 11.8 Å². The predicted molar refractivity (Wildman–Crippen MR) is 136 cm³/mol. The molecule has 0 saturated heterocycles. The van der Waals surface area contributed by atoms with Gasteiger partial charge in [0.1, 0.15) is 5.75 Å². The highest BCUT2D eigenvalue weighted by Crippen LogP contribution is 2.25.